The van der Waals surface area contributed by atoms with Gasteiger partial charge in [0.05, 0.1) is 0 Å². The third kappa shape index (κ3) is 5.13. The third-order valence-corrected chi connectivity index (χ3v) is 2.83. The smallest absolute Gasteiger partial charge is 0.138 e. The molecule has 88 valence electrons. The zero-order valence-corrected chi connectivity index (χ0v) is 11.7. The highest BCUT2D eigenvalue weighted by Crippen LogP contribution is 2.11. The predicted molar refractivity (Wildman–Crippen MR) is 72.6 cm³/mol. The Labute approximate surface area is 110 Å². The summed E-state index contributed by atoms with van der Waals surface area (Å²) in [6.07, 6.45) is 1.97. The second-order valence-corrected chi connectivity index (χ2v) is 5.90. The number of carbonyl (C=O) groups is 1. The first-order chi connectivity index (χ1) is 7.61. The molecule has 1 rings (SSSR count). The molecule has 0 radical (unpaired) electrons. The highest BCUT2D eigenvalue weighted by atomic mass is 79.9. The molecule has 0 saturated carbocycles. The maximum atomic E-state index is 11.4. The second kappa shape index (κ2) is 7.08. The van der Waals surface area contributed by atoms with Gasteiger partial charge in [0, 0.05) is 23.5 Å². The highest BCUT2D eigenvalue weighted by Gasteiger charge is 2.03. The number of benzene rings is 1. The summed E-state index contributed by atoms with van der Waals surface area (Å²) < 4.78 is 0. The van der Waals surface area contributed by atoms with Gasteiger partial charge in [0.1, 0.15) is 5.78 Å². The first-order valence-electron chi connectivity index (χ1n) is 5.41. The molecule has 0 aliphatic rings. The molecule has 0 aromatic heterocycles. The monoisotopic (exact) mass is 302 g/mol. The van der Waals surface area contributed by atoms with Gasteiger partial charge in [-0.15, -0.1) is 11.6 Å². The topological polar surface area (TPSA) is 17.1 Å². The van der Waals surface area contributed by atoms with Crippen molar-refractivity contribution in [2.45, 2.75) is 31.0 Å². The van der Waals surface area contributed by atoms with Crippen molar-refractivity contribution in [3.8, 4) is 0 Å². The zero-order valence-electron chi connectivity index (χ0n) is 9.38. The largest absolute Gasteiger partial charge is 0.299 e. The van der Waals surface area contributed by atoms with E-state index in [1.165, 1.54) is 5.56 Å². The summed E-state index contributed by atoms with van der Waals surface area (Å²) in [6, 6.07) is 8.22. The molecule has 0 saturated heterocycles. The fourth-order valence-electron chi connectivity index (χ4n) is 1.54. The van der Waals surface area contributed by atoms with Crippen LogP contribution in [0.3, 0.4) is 0 Å². The lowest BCUT2D eigenvalue weighted by Gasteiger charge is -2.05. The van der Waals surface area contributed by atoms with Crippen LogP contribution in [0.1, 0.15) is 24.5 Å². The van der Waals surface area contributed by atoms with Crippen LogP contribution >= 0.6 is 27.5 Å². The lowest BCUT2D eigenvalue weighted by Crippen LogP contribution is -2.03. The average Bonchev–Trinajstić information content (AvgIpc) is 2.20. The van der Waals surface area contributed by atoms with Crippen molar-refractivity contribution in [1.29, 1.82) is 0 Å². The lowest BCUT2D eigenvalue weighted by atomic mass is 10.0. The number of ketones is 1. The Morgan fingerprint density at radius 1 is 1.31 bits per heavy atom. The van der Waals surface area contributed by atoms with Gasteiger partial charge in [-0.3, -0.25) is 4.79 Å². The van der Waals surface area contributed by atoms with Gasteiger partial charge in [-0.1, -0.05) is 47.1 Å². The summed E-state index contributed by atoms with van der Waals surface area (Å²) in [4.78, 5) is 11.9. The van der Waals surface area contributed by atoms with Gasteiger partial charge in [0.25, 0.3) is 0 Å². The fraction of sp³-hybridized carbons (Fsp3) is 0.462. The molecule has 16 heavy (non-hydrogen) atoms. The molecule has 0 aliphatic carbocycles. The van der Waals surface area contributed by atoms with Crippen molar-refractivity contribution in [1.82, 2.24) is 0 Å². The number of alkyl halides is 2. The standard InChI is InChI=1S/C13H16BrClO/c1-10(14)8-11-2-4-12(5-3-11)9-13(16)6-7-15/h2-5,10H,6-9H2,1H3. The van der Waals surface area contributed by atoms with Crippen molar-refractivity contribution < 1.29 is 4.79 Å². The number of hydrogen-bond donors (Lipinski definition) is 0. The summed E-state index contributed by atoms with van der Waals surface area (Å²) in [5.41, 5.74) is 2.36. The first kappa shape index (κ1) is 13.7. The van der Waals surface area contributed by atoms with Crippen molar-refractivity contribution in [2.24, 2.45) is 0 Å². The van der Waals surface area contributed by atoms with Gasteiger partial charge in [-0.05, 0) is 17.5 Å². The first-order valence-corrected chi connectivity index (χ1v) is 6.86. The maximum Gasteiger partial charge on any atom is 0.138 e. The van der Waals surface area contributed by atoms with E-state index in [0.29, 0.717) is 23.5 Å². The van der Waals surface area contributed by atoms with Gasteiger partial charge < -0.3 is 0 Å². The molecule has 0 amide bonds. The normalized spacial score (nSPS) is 12.4. The zero-order chi connectivity index (χ0) is 12.0. The summed E-state index contributed by atoms with van der Waals surface area (Å²) in [6.45, 7) is 2.12. The fourth-order valence-corrected chi connectivity index (χ4v) is 2.12. The van der Waals surface area contributed by atoms with Crippen LogP contribution in [0.2, 0.25) is 0 Å². The second-order valence-electron chi connectivity index (χ2n) is 3.96. The SMILES string of the molecule is CC(Br)Cc1ccc(CC(=O)CCCl)cc1. The quantitative estimate of drug-likeness (QED) is 0.732. The van der Waals surface area contributed by atoms with E-state index in [1.807, 2.05) is 12.1 Å². The molecule has 0 fully saturated rings. The van der Waals surface area contributed by atoms with Gasteiger partial charge >= 0.3 is 0 Å². The Balaban J connectivity index is 2.54. The minimum atomic E-state index is 0.205. The van der Waals surface area contributed by atoms with Crippen molar-refractivity contribution in [2.75, 3.05) is 5.88 Å². The van der Waals surface area contributed by atoms with Gasteiger partial charge in [-0.2, -0.15) is 0 Å². The van der Waals surface area contributed by atoms with Gasteiger partial charge in [0.15, 0.2) is 0 Å². The van der Waals surface area contributed by atoms with Crippen LogP contribution in [-0.2, 0) is 17.6 Å². The van der Waals surface area contributed by atoms with Crippen LogP contribution in [0.25, 0.3) is 0 Å². The lowest BCUT2D eigenvalue weighted by molar-refractivity contribution is -0.118. The van der Waals surface area contributed by atoms with E-state index >= 15 is 0 Å². The maximum absolute atomic E-state index is 11.4. The molecular weight excluding hydrogens is 287 g/mol. The Morgan fingerprint density at radius 2 is 1.88 bits per heavy atom. The summed E-state index contributed by atoms with van der Waals surface area (Å²) in [7, 11) is 0. The summed E-state index contributed by atoms with van der Waals surface area (Å²) in [5, 5.41) is 0. The van der Waals surface area contributed by atoms with E-state index in [9.17, 15) is 4.79 Å². The summed E-state index contributed by atoms with van der Waals surface area (Å²) >= 11 is 9.04. The number of rotatable bonds is 6. The van der Waals surface area contributed by atoms with Gasteiger partial charge in [-0.25, -0.2) is 0 Å². The molecular formula is C13H16BrClO. The predicted octanol–water partition coefficient (Wildman–Crippen LogP) is 3.75. The molecule has 0 heterocycles. The van der Waals surface area contributed by atoms with Crippen molar-refractivity contribution in [3.05, 3.63) is 35.4 Å². The van der Waals surface area contributed by atoms with Crippen LogP contribution in [-0.4, -0.2) is 16.5 Å². The Bertz CT molecular complexity index is 332. The molecule has 0 spiro atoms. The number of halogens is 2. The highest BCUT2D eigenvalue weighted by molar-refractivity contribution is 9.09. The molecule has 1 atom stereocenters. The number of Topliss-reactive ketones (excluding diaryl/α,β-unsaturated/α-hetero) is 1. The van der Waals surface area contributed by atoms with Gasteiger partial charge in [0.2, 0.25) is 0 Å². The molecule has 0 bridgehead atoms. The molecule has 3 heteroatoms. The molecule has 0 aliphatic heterocycles. The molecule has 1 aromatic rings. The summed E-state index contributed by atoms with van der Waals surface area (Å²) in [5.74, 6) is 0.620. The molecule has 0 N–H and O–H groups in total. The minimum Gasteiger partial charge on any atom is -0.299 e. The van der Waals surface area contributed by atoms with Crippen LogP contribution < -0.4 is 0 Å². The van der Waals surface area contributed by atoms with E-state index < -0.39 is 0 Å². The van der Waals surface area contributed by atoms with Crippen molar-refractivity contribution in [3.63, 3.8) is 0 Å². The van der Waals surface area contributed by atoms with E-state index in [4.69, 9.17) is 11.6 Å². The van der Waals surface area contributed by atoms with E-state index in [0.717, 1.165) is 12.0 Å². The Kier molecular flexibility index (Phi) is 6.07. The Hall–Kier alpha value is -0.340. The average molecular weight is 304 g/mol. The Morgan fingerprint density at radius 3 is 2.38 bits per heavy atom. The molecule has 1 aromatic carbocycles. The van der Waals surface area contributed by atoms with Crippen molar-refractivity contribution >= 4 is 33.3 Å². The van der Waals surface area contributed by atoms with E-state index in [1.54, 1.807) is 0 Å². The minimum absolute atomic E-state index is 0.205. The van der Waals surface area contributed by atoms with Crippen LogP contribution in [0.4, 0.5) is 0 Å². The van der Waals surface area contributed by atoms with Crippen LogP contribution in [0.5, 0.6) is 0 Å². The van der Waals surface area contributed by atoms with Crippen LogP contribution in [0.15, 0.2) is 24.3 Å². The molecule has 1 nitrogen and oxygen atoms in total. The number of hydrogen-bond acceptors (Lipinski definition) is 1. The third-order valence-electron chi connectivity index (χ3n) is 2.31. The molecule has 1 unspecified atom stereocenters. The van der Waals surface area contributed by atoms with E-state index in [-0.39, 0.29) is 5.78 Å². The van der Waals surface area contributed by atoms with Crippen LogP contribution in [0, 0.1) is 0 Å². The number of carbonyl (C=O) groups excluding carboxylic acids is 1. The van der Waals surface area contributed by atoms with E-state index in [2.05, 4.69) is 35.0 Å².